The van der Waals surface area contributed by atoms with Crippen LogP contribution in [0.5, 0.6) is 0 Å². The second kappa shape index (κ2) is 6.56. The molecule has 1 aliphatic rings. The lowest BCUT2D eigenvalue weighted by atomic mass is 10.2. The summed E-state index contributed by atoms with van der Waals surface area (Å²) in [6.07, 6.45) is 2.09. The first-order chi connectivity index (χ1) is 9.95. The van der Waals surface area contributed by atoms with E-state index in [1.54, 1.807) is 19.2 Å². The number of carbonyl (C=O) groups excluding carboxylic acids is 1. The molecule has 0 heterocycles. The molecule has 1 aromatic rings. The number of carboxylic acid groups (broad SMARTS) is 1. The summed E-state index contributed by atoms with van der Waals surface area (Å²) in [4.78, 5) is 26.0. The van der Waals surface area contributed by atoms with Crippen LogP contribution in [0.3, 0.4) is 0 Å². The number of rotatable bonds is 6. The SMILES string of the molecule is CN(Cc1ccc(F)cc1)C(=O)N(CC(=O)O)CC1CC1. The molecular formula is C15H19FN2O3. The highest BCUT2D eigenvalue weighted by atomic mass is 19.1. The lowest BCUT2D eigenvalue weighted by Crippen LogP contribution is -2.44. The standard InChI is InChI=1S/C15H19FN2O3/c1-17(8-11-4-6-13(16)7-5-11)15(21)18(10-14(19)20)9-12-2-3-12/h4-7,12H,2-3,8-10H2,1H3,(H,19,20). The molecule has 2 amide bonds. The van der Waals surface area contributed by atoms with Crippen molar-refractivity contribution in [3.8, 4) is 0 Å². The first-order valence-corrected chi connectivity index (χ1v) is 6.92. The van der Waals surface area contributed by atoms with E-state index in [-0.39, 0.29) is 18.4 Å². The van der Waals surface area contributed by atoms with Gasteiger partial charge in [-0.1, -0.05) is 12.1 Å². The first kappa shape index (κ1) is 15.3. The third-order valence-corrected chi connectivity index (χ3v) is 3.43. The Morgan fingerprint density at radius 2 is 1.90 bits per heavy atom. The molecule has 1 fully saturated rings. The Morgan fingerprint density at radius 1 is 1.29 bits per heavy atom. The van der Waals surface area contributed by atoms with Crippen molar-refractivity contribution in [3.63, 3.8) is 0 Å². The van der Waals surface area contributed by atoms with Crippen molar-refractivity contribution in [2.45, 2.75) is 19.4 Å². The van der Waals surface area contributed by atoms with Crippen LogP contribution in [0.1, 0.15) is 18.4 Å². The third kappa shape index (κ3) is 4.73. The van der Waals surface area contributed by atoms with E-state index < -0.39 is 5.97 Å². The zero-order valence-corrected chi connectivity index (χ0v) is 12.0. The van der Waals surface area contributed by atoms with Gasteiger partial charge in [0.25, 0.3) is 0 Å². The fraction of sp³-hybridized carbons (Fsp3) is 0.467. The van der Waals surface area contributed by atoms with Crippen LogP contribution >= 0.6 is 0 Å². The minimum absolute atomic E-state index is 0.289. The van der Waals surface area contributed by atoms with E-state index in [0.717, 1.165) is 18.4 Å². The van der Waals surface area contributed by atoms with E-state index in [0.29, 0.717) is 19.0 Å². The van der Waals surface area contributed by atoms with Gasteiger partial charge >= 0.3 is 12.0 Å². The number of benzene rings is 1. The van der Waals surface area contributed by atoms with E-state index in [2.05, 4.69) is 0 Å². The Hall–Kier alpha value is -2.11. The molecule has 21 heavy (non-hydrogen) atoms. The average molecular weight is 294 g/mol. The number of halogens is 1. The maximum Gasteiger partial charge on any atom is 0.323 e. The highest BCUT2D eigenvalue weighted by Crippen LogP contribution is 2.30. The summed E-state index contributed by atoms with van der Waals surface area (Å²) in [7, 11) is 1.62. The van der Waals surface area contributed by atoms with Crippen LogP contribution in [-0.2, 0) is 11.3 Å². The van der Waals surface area contributed by atoms with Gasteiger partial charge in [0.2, 0.25) is 0 Å². The van der Waals surface area contributed by atoms with Crippen molar-refractivity contribution in [1.82, 2.24) is 9.80 Å². The van der Waals surface area contributed by atoms with Gasteiger partial charge in [-0.25, -0.2) is 9.18 Å². The lowest BCUT2D eigenvalue weighted by Gasteiger charge is -2.27. The molecule has 1 aromatic carbocycles. The summed E-state index contributed by atoms with van der Waals surface area (Å²) in [5, 5.41) is 8.91. The minimum atomic E-state index is -1.01. The van der Waals surface area contributed by atoms with Crippen molar-refractivity contribution >= 4 is 12.0 Å². The van der Waals surface area contributed by atoms with E-state index >= 15 is 0 Å². The molecule has 114 valence electrons. The van der Waals surface area contributed by atoms with Crippen LogP contribution in [0.2, 0.25) is 0 Å². The molecule has 1 N–H and O–H groups in total. The molecule has 2 rings (SSSR count). The Kier molecular flexibility index (Phi) is 4.77. The zero-order valence-electron chi connectivity index (χ0n) is 12.0. The van der Waals surface area contributed by atoms with Gasteiger partial charge in [-0.05, 0) is 36.5 Å². The Bertz CT molecular complexity index is 514. The van der Waals surface area contributed by atoms with Crippen molar-refractivity contribution < 1.29 is 19.1 Å². The fourth-order valence-corrected chi connectivity index (χ4v) is 2.16. The van der Waals surface area contributed by atoms with Gasteiger partial charge in [0, 0.05) is 20.1 Å². The molecule has 0 bridgehead atoms. The van der Waals surface area contributed by atoms with Gasteiger partial charge in [-0.3, -0.25) is 4.79 Å². The third-order valence-electron chi connectivity index (χ3n) is 3.43. The highest BCUT2D eigenvalue weighted by Gasteiger charge is 2.29. The second-order valence-corrected chi connectivity index (χ2v) is 5.48. The number of hydrogen-bond acceptors (Lipinski definition) is 2. The summed E-state index contributed by atoms with van der Waals surface area (Å²) in [5.41, 5.74) is 0.800. The smallest absolute Gasteiger partial charge is 0.323 e. The Labute approximate surface area is 123 Å². The number of hydrogen-bond donors (Lipinski definition) is 1. The van der Waals surface area contributed by atoms with Crippen LogP contribution in [-0.4, -0.2) is 47.0 Å². The summed E-state index contributed by atoms with van der Waals surface area (Å²) in [5.74, 6) is -0.916. The number of aliphatic carboxylic acids is 1. The fourth-order valence-electron chi connectivity index (χ4n) is 2.16. The lowest BCUT2D eigenvalue weighted by molar-refractivity contribution is -0.137. The molecular weight excluding hydrogens is 275 g/mol. The van der Waals surface area contributed by atoms with Crippen molar-refractivity contribution in [2.24, 2.45) is 5.92 Å². The average Bonchev–Trinajstić information content (AvgIpc) is 3.23. The van der Waals surface area contributed by atoms with Gasteiger partial charge in [-0.15, -0.1) is 0 Å². The Morgan fingerprint density at radius 3 is 2.43 bits per heavy atom. The van der Waals surface area contributed by atoms with Crippen LogP contribution in [0, 0.1) is 11.7 Å². The predicted molar refractivity (Wildman–Crippen MR) is 75.2 cm³/mol. The molecule has 0 atom stereocenters. The molecule has 0 spiro atoms. The maximum atomic E-state index is 12.9. The summed E-state index contributed by atoms with van der Waals surface area (Å²) in [6, 6.07) is 5.59. The van der Waals surface area contributed by atoms with Gasteiger partial charge in [-0.2, -0.15) is 0 Å². The molecule has 1 saturated carbocycles. The number of amides is 2. The van der Waals surface area contributed by atoms with Gasteiger partial charge < -0.3 is 14.9 Å². The molecule has 0 radical (unpaired) electrons. The molecule has 6 heteroatoms. The topological polar surface area (TPSA) is 60.9 Å². The number of carboxylic acids is 1. The molecule has 0 aliphatic heterocycles. The quantitative estimate of drug-likeness (QED) is 0.874. The molecule has 0 saturated heterocycles. The Balaban J connectivity index is 1.97. The van der Waals surface area contributed by atoms with Crippen molar-refractivity contribution in [1.29, 1.82) is 0 Å². The van der Waals surface area contributed by atoms with Crippen LogP contribution in [0.15, 0.2) is 24.3 Å². The molecule has 5 nitrogen and oxygen atoms in total. The summed E-state index contributed by atoms with van der Waals surface area (Å²) in [6.45, 7) is 0.516. The summed E-state index contributed by atoms with van der Waals surface area (Å²) < 4.78 is 12.9. The minimum Gasteiger partial charge on any atom is -0.480 e. The van der Waals surface area contributed by atoms with Gasteiger partial charge in [0.1, 0.15) is 12.4 Å². The number of urea groups is 1. The van der Waals surface area contributed by atoms with E-state index in [1.165, 1.54) is 21.9 Å². The van der Waals surface area contributed by atoms with Crippen LogP contribution in [0.4, 0.5) is 9.18 Å². The summed E-state index contributed by atoms with van der Waals surface area (Å²) >= 11 is 0. The predicted octanol–water partition coefficient (Wildman–Crippen LogP) is 2.17. The zero-order chi connectivity index (χ0) is 15.4. The monoisotopic (exact) mass is 294 g/mol. The first-order valence-electron chi connectivity index (χ1n) is 6.92. The maximum absolute atomic E-state index is 12.9. The van der Waals surface area contributed by atoms with Crippen LogP contribution in [0.25, 0.3) is 0 Å². The molecule has 0 unspecified atom stereocenters. The van der Waals surface area contributed by atoms with Crippen molar-refractivity contribution in [3.05, 3.63) is 35.6 Å². The van der Waals surface area contributed by atoms with Crippen molar-refractivity contribution in [2.75, 3.05) is 20.1 Å². The van der Waals surface area contributed by atoms with Gasteiger partial charge in [0.05, 0.1) is 0 Å². The van der Waals surface area contributed by atoms with E-state index in [1.807, 2.05) is 0 Å². The molecule has 0 aromatic heterocycles. The largest absolute Gasteiger partial charge is 0.480 e. The van der Waals surface area contributed by atoms with E-state index in [4.69, 9.17) is 5.11 Å². The molecule has 1 aliphatic carbocycles. The van der Waals surface area contributed by atoms with Gasteiger partial charge in [0.15, 0.2) is 0 Å². The normalized spacial score (nSPS) is 13.8. The number of nitrogens with zero attached hydrogens (tertiary/aromatic N) is 2. The second-order valence-electron chi connectivity index (χ2n) is 5.48. The van der Waals surface area contributed by atoms with E-state index in [9.17, 15) is 14.0 Å². The number of carbonyl (C=O) groups is 2. The van der Waals surface area contributed by atoms with Crippen LogP contribution < -0.4 is 0 Å². The highest BCUT2D eigenvalue weighted by molar-refractivity contribution is 5.80.